The first-order valence-corrected chi connectivity index (χ1v) is 7.87. The number of ether oxygens (including phenoxy) is 2. The number of para-hydroxylation sites is 2. The predicted molar refractivity (Wildman–Crippen MR) is 90.3 cm³/mol. The molecule has 25 heavy (non-hydrogen) atoms. The molecular weight excluding hydrogens is 324 g/mol. The summed E-state index contributed by atoms with van der Waals surface area (Å²) in [6.45, 7) is 0.309. The summed E-state index contributed by atoms with van der Waals surface area (Å²) in [6.07, 6.45) is -0.997. The lowest BCUT2D eigenvalue weighted by molar-refractivity contribution is -0.386. The van der Waals surface area contributed by atoms with E-state index >= 15 is 0 Å². The minimum atomic E-state index is -0.571. The molecule has 1 saturated heterocycles. The zero-order valence-corrected chi connectivity index (χ0v) is 13.7. The fraction of sp³-hybridized carbons (Fsp3) is 0.278. The Morgan fingerprint density at radius 3 is 2.56 bits per heavy atom. The van der Waals surface area contributed by atoms with E-state index < -0.39 is 17.1 Å². The van der Waals surface area contributed by atoms with Crippen LogP contribution in [0.25, 0.3) is 0 Å². The van der Waals surface area contributed by atoms with Gasteiger partial charge in [0.1, 0.15) is 12.7 Å². The van der Waals surface area contributed by atoms with Crippen molar-refractivity contribution in [3.8, 4) is 5.75 Å². The molecule has 7 heteroatoms. The van der Waals surface area contributed by atoms with Gasteiger partial charge in [-0.1, -0.05) is 42.5 Å². The summed E-state index contributed by atoms with van der Waals surface area (Å²) in [6, 6.07) is 15.6. The molecule has 1 heterocycles. The first kappa shape index (κ1) is 16.9. The summed E-state index contributed by atoms with van der Waals surface area (Å²) >= 11 is 0. The Hall–Kier alpha value is -2.93. The number of carbonyl (C=O) groups excluding carboxylic acids is 1. The van der Waals surface area contributed by atoms with Crippen molar-refractivity contribution in [2.75, 3.05) is 20.2 Å². The normalized spacial score (nSPS) is 18.7. The van der Waals surface area contributed by atoms with Crippen LogP contribution in [0, 0.1) is 10.1 Å². The van der Waals surface area contributed by atoms with Gasteiger partial charge in [0.2, 0.25) is 5.91 Å². The number of nitro benzene ring substituents is 1. The second-order valence-corrected chi connectivity index (χ2v) is 5.80. The molecule has 0 spiro atoms. The van der Waals surface area contributed by atoms with Gasteiger partial charge in [-0.3, -0.25) is 14.9 Å². The van der Waals surface area contributed by atoms with Gasteiger partial charge >= 0.3 is 5.69 Å². The second kappa shape index (κ2) is 7.31. The number of hydrogen-bond acceptors (Lipinski definition) is 5. The fourth-order valence-electron chi connectivity index (χ4n) is 2.74. The van der Waals surface area contributed by atoms with Crippen LogP contribution in [-0.2, 0) is 9.53 Å². The van der Waals surface area contributed by atoms with Gasteiger partial charge in [0, 0.05) is 13.1 Å². The average Bonchev–Trinajstić information content (AvgIpc) is 2.63. The topological polar surface area (TPSA) is 81.9 Å². The van der Waals surface area contributed by atoms with Gasteiger partial charge in [-0.15, -0.1) is 0 Å². The number of likely N-dealkylation sites (N-methyl/N-ethyl adjacent to an activating group) is 1. The number of hydrogen-bond donors (Lipinski definition) is 0. The lowest BCUT2D eigenvalue weighted by Crippen LogP contribution is -2.47. The molecule has 130 valence electrons. The molecule has 2 aromatic carbocycles. The molecule has 0 saturated carbocycles. The van der Waals surface area contributed by atoms with E-state index in [1.807, 2.05) is 30.3 Å². The van der Waals surface area contributed by atoms with E-state index in [-0.39, 0.29) is 24.0 Å². The number of amides is 1. The zero-order valence-electron chi connectivity index (χ0n) is 13.7. The van der Waals surface area contributed by atoms with Crippen LogP contribution < -0.4 is 4.74 Å². The summed E-state index contributed by atoms with van der Waals surface area (Å²) in [5, 5.41) is 11.3. The maximum Gasteiger partial charge on any atom is 0.310 e. The molecule has 0 bridgehead atoms. The Balaban J connectivity index is 1.93. The molecule has 7 nitrogen and oxygen atoms in total. The minimum absolute atomic E-state index is 0.0370. The van der Waals surface area contributed by atoms with Crippen LogP contribution in [0.4, 0.5) is 5.69 Å². The zero-order chi connectivity index (χ0) is 17.8. The smallest absolute Gasteiger partial charge is 0.310 e. The van der Waals surface area contributed by atoms with Crippen LogP contribution in [0.3, 0.4) is 0 Å². The monoisotopic (exact) mass is 342 g/mol. The molecule has 2 atom stereocenters. The van der Waals surface area contributed by atoms with E-state index in [9.17, 15) is 14.9 Å². The summed E-state index contributed by atoms with van der Waals surface area (Å²) in [7, 11) is 1.70. The van der Waals surface area contributed by atoms with E-state index in [0.717, 1.165) is 5.56 Å². The van der Waals surface area contributed by atoms with Gasteiger partial charge in [-0.2, -0.15) is 0 Å². The second-order valence-electron chi connectivity index (χ2n) is 5.80. The Labute approximate surface area is 144 Å². The first-order valence-electron chi connectivity index (χ1n) is 7.87. The highest BCUT2D eigenvalue weighted by Gasteiger charge is 2.34. The summed E-state index contributed by atoms with van der Waals surface area (Å²) < 4.78 is 11.7. The molecule has 0 radical (unpaired) electrons. The molecule has 0 aliphatic carbocycles. The first-order chi connectivity index (χ1) is 12.1. The molecule has 2 aromatic rings. The Morgan fingerprint density at radius 2 is 1.88 bits per heavy atom. The number of rotatable bonds is 5. The summed E-state index contributed by atoms with van der Waals surface area (Å²) in [5.41, 5.74) is 0.720. The van der Waals surface area contributed by atoms with Crippen LogP contribution in [0.15, 0.2) is 54.6 Å². The van der Waals surface area contributed by atoms with E-state index in [4.69, 9.17) is 9.47 Å². The van der Waals surface area contributed by atoms with Crippen molar-refractivity contribution in [2.45, 2.75) is 12.2 Å². The highest BCUT2D eigenvalue weighted by molar-refractivity contribution is 5.77. The van der Waals surface area contributed by atoms with E-state index in [0.29, 0.717) is 6.54 Å². The standard InChI is InChI=1S/C18H18N2O5/c1-19-11-16(24-12-17(19)21)18(13-7-3-2-4-8-13)25-15-10-6-5-9-14(15)20(22)23/h2-10,16,18H,11-12H2,1H3. The summed E-state index contributed by atoms with van der Waals surface area (Å²) in [5.74, 6) is 0.0678. The third-order valence-corrected chi connectivity index (χ3v) is 4.08. The lowest BCUT2D eigenvalue weighted by atomic mass is 10.0. The van der Waals surface area contributed by atoms with Crippen LogP contribution in [0.2, 0.25) is 0 Å². The van der Waals surface area contributed by atoms with Crippen molar-refractivity contribution < 1.29 is 19.2 Å². The quantitative estimate of drug-likeness (QED) is 0.616. The largest absolute Gasteiger partial charge is 0.476 e. The van der Waals surface area contributed by atoms with Crippen LogP contribution in [0.5, 0.6) is 5.75 Å². The Kier molecular flexibility index (Phi) is 4.95. The van der Waals surface area contributed by atoms with Gasteiger partial charge in [0.05, 0.1) is 11.5 Å². The van der Waals surface area contributed by atoms with Crippen molar-refractivity contribution in [1.82, 2.24) is 4.90 Å². The van der Waals surface area contributed by atoms with Crippen LogP contribution in [0.1, 0.15) is 11.7 Å². The number of carbonyl (C=O) groups is 1. The van der Waals surface area contributed by atoms with Crippen molar-refractivity contribution in [3.05, 3.63) is 70.3 Å². The number of nitro groups is 1. The van der Waals surface area contributed by atoms with Gasteiger partial charge in [0.15, 0.2) is 11.9 Å². The maximum absolute atomic E-state index is 11.7. The van der Waals surface area contributed by atoms with E-state index in [1.165, 1.54) is 6.07 Å². The molecule has 1 amide bonds. The van der Waals surface area contributed by atoms with Crippen molar-refractivity contribution in [2.24, 2.45) is 0 Å². The van der Waals surface area contributed by atoms with Gasteiger partial charge in [-0.05, 0) is 11.6 Å². The van der Waals surface area contributed by atoms with Gasteiger partial charge in [0.25, 0.3) is 0 Å². The lowest BCUT2D eigenvalue weighted by Gasteiger charge is -2.35. The SMILES string of the molecule is CN1CC(C(Oc2ccccc2[N+](=O)[O-])c2ccccc2)OCC1=O. The Morgan fingerprint density at radius 1 is 1.20 bits per heavy atom. The number of nitrogens with zero attached hydrogens (tertiary/aromatic N) is 2. The molecule has 0 N–H and O–H groups in total. The highest BCUT2D eigenvalue weighted by atomic mass is 16.6. The van der Waals surface area contributed by atoms with E-state index in [1.54, 1.807) is 30.1 Å². The molecular formula is C18H18N2O5. The number of morpholine rings is 1. The fourth-order valence-corrected chi connectivity index (χ4v) is 2.74. The minimum Gasteiger partial charge on any atom is -0.476 e. The third-order valence-electron chi connectivity index (χ3n) is 4.08. The maximum atomic E-state index is 11.7. The average molecular weight is 342 g/mol. The molecule has 1 fully saturated rings. The molecule has 1 aliphatic heterocycles. The van der Waals surface area contributed by atoms with E-state index in [2.05, 4.69) is 0 Å². The Bertz CT molecular complexity index is 765. The van der Waals surface area contributed by atoms with Crippen molar-refractivity contribution in [3.63, 3.8) is 0 Å². The number of benzene rings is 2. The van der Waals surface area contributed by atoms with Crippen molar-refractivity contribution >= 4 is 11.6 Å². The van der Waals surface area contributed by atoms with Crippen molar-refractivity contribution in [1.29, 1.82) is 0 Å². The highest BCUT2D eigenvalue weighted by Crippen LogP contribution is 2.33. The predicted octanol–water partition coefficient (Wildman–Crippen LogP) is 2.57. The third kappa shape index (κ3) is 3.77. The summed E-state index contributed by atoms with van der Waals surface area (Å²) in [4.78, 5) is 24.0. The van der Waals surface area contributed by atoms with Gasteiger partial charge < -0.3 is 14.4 Å². The molecule has 3 rings (SSSR count). The van der Waals surface area contributed by atoms with Crippen LogP contribution >= 0.6 is 0 Å². The van der Waals surface area contributed by atoms with Crippen LogP contribution in [-0.4, -0.2) is 42.0 Å². The molecule has 1 aliphatic rings. The van der Waals surface area contributed by atoms with Gasteiger partial charge in [-0.25, -0.2) is 0 Å². The molecule has 0 aromatic heterocycles. The molecule has 2 unspecified atom stereocenters.